The minimum Gasteiger partial charge on any atom is -0.480 e. The molecule has 1 aromatic carbocycles. The van der Waals surface area contributed by atoms with Crippen molar-refractivity contribution in [3.05, 3.63) is 27.1 Å². The predicted molar refractivity (Wildman–Crippen MR) is 71.5 cm³/mol. The SMILES string of the molecule is CC(C(=O)O)S(=O)(=O)Nc1c(Br)cccc1Br. The third-order valence-electron chi connectivity index (χ3n) is 2.02. The van der Waals surface area contributed by atoms with Crippen molar-refractivity contribution in [1.29, 1.82) is 0 Å². The minimum atomic E-state index is -3.97. The van der Waals surface area contributed by atoms with E-state index in [0.717, 1.165) is 6.92 Å². The van der Waals surface area contributed by atoms with Gasteiger partial charge < -0.3 is 5.11 Å². The molecule has 0 aliphatic carbocycles. The molecule has 17 heavy (non-hydrogen) atoms. The van der Waals surface area contributed by atoms with Crippen molar-refractivity contribution in [2.75, 3.05) is 4.72 Å². The molecule has 0 aromatic heterocycles. The number of halogens is 2. The Morgan fingerprint density at radius 3 is 2.24 bits per heavy atom. The maximum Gasteiger partial charge on any atom is 0.323 e. The molecule has 0 amide bonds. The fourth-order valence-electron chi connectivity index (χ4n) is 0.959. The second-order valence-corrected chi connectivity index (χ2v) is 6.93. The molecule has 94 valence electrons. The van der Waals surface area contributed by atoms with Crippen LogP contribution in [0.25, 0.3) is 0 Å². The van der Waals surface area contributed by atoms with Gasteiger partial charge >= 0.3 is 5.97 Å². The lowest BCUT2D eigenvalue weighted by Gasteiger charge is -2.13. The Kier molecular flexibility index (Phi) is 4.56. The maximum absolute atomic E-state index is 11.7. The summed E-state index contributed by atoms with van der Waals surface area (Å²) in [5, 5.41) is 7.17. The van der Waals surface area contributed by atoms with Gasteiger partial charge in [-0.3, -0.25) is 9.52 Å². The quantitative estimate of drug-likeness (QED) is 0.832. The van der Waals surface area contributed by atoms with Crippen LogP contribution in [0.1, 0.15) is 6.92 Å². The zero-order chi connectivity index (χ0) is 13.2. The van der Waals surface area contributed by atoms with Gasteiger partial charge in [-0.1, -0.05) is 6.07 Å². The molecule has 0 radical (unpaired) electrons. The van der Waals surface area contributed by atoms with E-state index >= 15 is 0 Å². The highest BCUT2D eigenvalue weighted by Crippen LogP contribution is 2.31. The first-order valence-electron chi connectivity index (χ1n) is 4.44. The summed E-state index contributed by atoms with van der Waals surface area (Å²) < 4.78 is 26.7. The van der Waals surface area contributed by atoms with Crippen LogP contribution in [0.3, 0.4) is 0 Å². The van der Waals surface area contributed by atoms with Gasteiger partial charge in [-0.15, -0.1) is 0 Å². The Balaban J connectivity index is 3.11. The number of anilines is 1. The molecule has 1 rings (SSSR count). The fraction of sp³-hybridized carbons (Fsp3) is 0.222. The normalized spacial score (nSPS) is 13.1. The number of sulfonamides is 1. The number of rotatable bonds is 4. The van der Waals surface area contributed by atoms with Crippen LogP contribution in [-0.4, -0.2) is 24.7 Å². The van der Waals surface area contributed by atoms with E-state index in [1.807, 2.05) is 0 Å². The predicted octanol–water partition coefficient (Wildman–Crippen LogP) is 2.43. The number of aliphatic carboxylic acids is 1. The highest BCUT2D eigenvalue weighted by atomic mass is 79.9. The molecule has 1 aromatic rings. The van der Waals surface area contributed by atoms with Gasteiger partial charge in [0, 0.05) is 8.95 Å². The number of carbonyl (C=O) groups is 1. The summed E-state index contributed by atoms with van der Waals surface area (Å²) >= 11 is 6.36. The molecular weight excluding hydrogens is 378 g/mol. The Bertz CT molecular complexity index is 524. The third-order valence-corrected chi connectivity index (χ3v) is 4.96. The van der Waals surface area contributed by atoms with Crippen LogP contribution in [0.5, 0.6) is 0 Å². The summed E-state index contributed by atoms with van der Waals surface area (Å²) in [6, 6.07) is 5.01. The number of hydrogen-bond donors (Lipinski definition) is 2. The summed E-state index contributed by atoms with van der Waals surface area (Å²) in [5.74, 6) is -1.40. The van der Waals surface area contributed by atoms with E-state index in [4.69, 9.17) is 5.11 Å². The topological polar surface area (TPSA) is 83.5 Å². The number of carboxylic acids is 1. The molecule has 0 heterocycles. The zero-order valence-corrected chi connectivity index (χ0v) is 12.6. The molecule has 0 aliphatic heterocycles. The molecule has 0 aliphatic rings. The van der Waals surface area contributed by atoms with Crippen LogP contribution in [0.15, 0.2) is 27.1 Å². The smallest absolute Gasteiger partial charge is 0.323 e. The Labute approximate surface area is 116 Å². The average molecular weight is 387 g/mol. The van der Waals surface area contributed by atoms with Crippen molar-refractivity contribution in [1.82, 2.24) is 0 Å². The summed E-state index contributed by atoms with van der Waals surface area (Å²) in [5.41, 5.74) is 0.278. The maximum atomic E-state index is 11.7. The van der Waals surface area contributed by atoms with Gasteiger partial charge in [0.2, 0.25) is 10.0 Å². The van der Waals surface area contributed by atoms with E-state index in [9.17, 15) is 13.2 Å². The molecule has 0 saturated heterocycles. The average Bonchev–Trinajstić information content (AvgIpc) is 2.22. The van der Waals surface area contributed by atoms with E-state index in [2.05, 4.69) is 36.6 Å². The van der Waals surface area contributed by atoms with Crippen LogP contribution in [-0.2, 0) is 14.8 Å². The van der Waals surface area contributed by atoms with Crippen molar-refractivity contribution < 1.29 is 18.3 Å². The highest BCUT2D eigenvalue weighted by molar-refractivity contribution is 9.11. The van der Waals surface area contributed by atoms with Gasteiger partial charge in [-0.25, -0.2) is 8.42 Å². The first kappa shape index (κ1) is 14.5. The van der Waals surface area contributed by atoms with Gasteiger partial charge in [0.1, 0.15) is 0 Å². The van der Waals surface area contributed by atoms with Crippen molar-refractivity contribution in [3.8, 4) is 0 Å². The van der Waals surface area contributed by atoms with Gasteiger partial charge in [-0.05, 0) is 50.9 Å². The standard InChI is InChI=1S/C9H9Br2NO4S/c1-5(9(13)14)17(15,16)12-8-6(10)3-2-4-7(8)11/h2-5,12H,1H3,(H,13,14). The molecule has 0 bridgehead atoms. The molecule has 5 nitrogen and oxygen atoms in total. The number of hydrogen-bond acceptors (Lipinski definition) is 3. The second kappa shape index (κ2) is 5.36. The van der Waals surface area contributed by atoms with Gasteiger partial charge in [-0.2, -0.15) is 0 Å². The molecule has 1 atom stereocenters. The van der Waals surface area contributed by atoms with E-state index < -0.39 is 21.2 Å². The first-order chi connectivity index (χ1) is 7.75. The zero-order valence-electron chi connectivity index (χ0n) is 8.65. The molecule has 8 heteroatoms. The van der Waals surface area contributed by atoms with Crippen LogP contribution in [0.4, 0.5) is 5.69 Å². The second-order valence-electron chi connectivity index (χ2n) is 3.22. The largest absolute Gasteiger partial charge is 0.480 e. The molecule has 1 unspecified atom stereocenters. The third kappa shape index (κ3) is 3.43. The molecular formula is C9H9Br2NO4S. The van der Waals surface area contributed by atoms with Gasteiger partial charge in [0.05, 0.1) is 5.69 Å². The number of nitrogens with one attached hydrogen (secondary N) is 1. The van der Waals surface area contributed by atoms with Crippen LogP contribution in [0.2, 0.25) is 0 Å². The van der Waals surface area contributed by atoms with E-state index in [1.54, 1.807) is 18.2 Å². The first-order valence-corrected chi connectivity index (χ1v) is 7.57. The van der Waals surface area contributed by atoms with Gasteiger partial charge in [0.15, 0.2) is 5.25 Å². The Hall–Kier alpha value is -0.600. The monoisotopic (exact) mass is 385 g/mol. The van der Waals surface area contributed by atoms with Crippen LogP contribution < -0.4 is 4.72 Å². The summed E-state index contributed by atoms with van der Waals surface area (Å²) in [6.45, 7) is 1.11. The lowest BCUT2D eigenvalue weighted by atomic mass is 10.3. The van der Waals surface area contributed by atoms with E-state index in [1.165, 1.54) is 0 Å². The van der Waals surface area contributed by atoms with Crippen LogP contribution >= 0.6 is 31.9 Å². The minimum absolute atomic E-state index is 0.278. The Morgan fingerprint density at radius 2 is 1.82 bits per heavy atom. The lowest BCUT2D eigenvalue weighted by molar-refractivity contribution is -0.136. The number of para-hydroxylation sites is 1. The van der Waals surface area contributed by atoms with E-state index in [-0.39, 0.29) is 5.69 Å². The summed E-state index contributed by atoms with van der Waals surface area (Å²) in [7, 11) is -3.97. The summed E-state index contributed by atoms with van der Waals surface area (Å²) in [6.07, 6.45) is 0. The fourth-order valence-corrected chi connectivity index (χ4v) is 3.36. The molecule has 2 N–H and O–H groups in total. The lowest BCUT2D eigenvalue weighted by Crippen LogP contribution is -2.32. The van der Waals surface area contributed by atoms with Crippen molar-refractivity contribution in [2.24, 2.45) is 0 Å². The molecule has 0 fully saturated rings. The Morgan fingerprint density at radius 1 is 1.35 bits per heavy atom. The van der Waals surface area contributed by atoms with E-state index in [0.29, 0.717) is 8.95 Å². The van der Waals surface area contributed by atoms with Crippen molar-refractivity contribution >= 4 is 53.5 Å². The van der Waals surface area contributed by atoms with Gasteiger partial charge in [0.25, 0.3) is 0 Å². The number of benzene rings is 1. The molecule has 0 spiro atoms. The number of carboxylic acid groups (broad SMARTS) is 1. The van der Waals surface area contributed by atoms with Crippen molar-refractivity contribution in [2.45, 2.75) is 12.2 Å². The molecule has 0 saturated carbocycles. The summed E-state index contributed by atoms with van der Waals surface area (Å²) in [4.78, 5) is 10.7. The van der Waals surface area contributed by atoms with Crippen molar-refractivity contribution in [3.63, 3.8) is 0 Å². The van der Waals surface area contributed by atoms with Crippen LogP contribution in [0, 0.1) is 0 Å². The highest BCUT2D eigenvalue weighted by Gasteiger charge is 2.28.